The molecule has 1 fully saturated rings. The summed E-state index contributed by atoms with van der Waals surface area (Å²) in [5.74, 6) is -0.162. The zero-order valence-electron chi connectivity index (χ0n) is 23.4. The van der Waals surface area contributed by atoms with Crippen LogP contribution >= 0.6 is 11.3 Å². The van der Waals surface area contributed by atoms with E-state index in [1.54, 1.807) is 43.3 Å². The third-order valence-electron chi connectivity index (χ3n) is 7.16. The summed E-state index contributed by atoms with van der Waals surface area (Å²) in [6.45, 7) is 6.31. The van der Waals surface area contributed by atoms with Crippen LogP contribution in [0.3, 0.4) is 0 Å². The van der Waals surface area contributed by atoms with Crippen molar-refractivity contribution in [3.63, 3.8) is 0 Å². The molecule has 3 aromatic carbocycles. The molecule has 0 unspecified atom stereocenters. The number of aliphatic hydroxyl groups excluding tert-OH is 1. The zero-order chi connectivity index (χ0) is 29.4. The Morgan fingerprint density at radius 2 is 1.86 bits per heavy atom. The van der Waals surface area contributed by atoms with E-state index in [1.165, 1.54) is 16.2 Å². The van der Waals surface area contributed by atoms with Crippen molar-refractivity contribution in [3.8, 4) is 17.2 Å². The van der Waals surface area contributed by atoms with Gasteiger partial charge in [-0.1, -0.05) is 47.7 Å². The lowest BCUT2D eigenvalue weighted by Gasteiger charge is -2.24. The molecule has 0 bridgehead atoms. The van der Waals surface area contributed by atoms with Crippen molar-refractivity contribution in [2.24, 2.45) is 0 Å². The number of benzene rings is 3. The van der Waals surface area contributed by atoms with Crippen LogP contribution in [0.5, 0.6) is 17.2 Å². The average Bonchev–Trinajstić information content (AvgIpc) is 3.66. The normalized spacial score (nSPS) is 19.1. The Morgan fingerprint density at radius 1 is 1.05 bits per heavy atom. The van der Waals surface area contributed by atoms with Crippen molar-refractivity contribution in [2.45, 2.75) is 45.9 Å². The topological polar surface area (TPSA) is 111 Å². The Labute approximate surface area is 247 Å². The molecule has 0 aliphatic carbocycles. The summed E-state index contributed by atoms with van der Waals surface area (Å²) in [6, 6.07) is 19.3. The van der Waals surface area contributed by atoms with Gasteiger partial charge in [-0.25, -0.2) is 0 Å². The van der Waals surface area contributed by atoms with Crippen LogP contribution < -0.4 is 19.1 Å². The van der Waals surface area contributed by atoms with Crippen molar-refractivity contribution in [1.29, 1.82) is 0 Å². The molecule has 1 saturated heterocycles. The van der Waals surface area contributed by atoms with Crippen LogP contribution in [0.15, 0.2) is 72.3 Å². The van der Waals surface area contributed by atoms with E-state index >= 15 is 0 Å². The second-order valence-corrected chi connectivity index (χ2v) is 11.3. The van der Waals surface area contributed by atoms with Gasteiger partial charge in [-0.05, 0) is 67.8 Å². The number of amides is 1. The number of rotatable bonds is 8. The number of aromatic nitrogens is 2. The Balaban J connectivity index is 1.45. The predicted octanol–water partition coefficient (Wildman–Crippen LogP) is 5.77. The van der Waals surface area contributed by atoms with Gasteiger partial charge in [-0.2, -0.15) is 0 Å². The number of carbonyl (C=O) groups excluding carboxylic acids is 2. The first kappa shape index (κ1) is 27.5. The van der Waals surface area contributed by atoms with Crippen molar-refractivity contribution in [1.82, 2.24) is 10.2 Å². The number of aliphatic hydroxyl groups is 1. The molecule has 6 rings (SSSR count). The number of fused-ring (bicyclic) bond motifs is 1. The summed E-state index contributed by atoms with van der Waals surface area (Å²) < 4.78 is 17.8. The fourth-order valence-corrected chi connectivity index (χ4v) is 5.99. The maximum Gasteiger partial charge on any atom is 0.301 e. The fourth-order valence-electron chi connectivity index (χ4n) is 5.27. The average molecular weight is 584 g/mol. The standard InChI is InChI=1S/C32H29N3O6S/c1-4-39-26-16-21(10-13-25(26)40-17-20-8-6-5-7-9-20)28-27(30(37)31(38)35(28)32-34-33-19(3)42-32)29(36)22-11-12-24-23(15-22)14-18(2)41-24/h5-13,15-16,18,28,36H,4,14,17H2,1-3H3/t18-,28-/m1/s1. The van der Waals surface area contributed by atoms with Gasteiger partial charge >= 0.3 is 5.91 Å². The first-order valence-corrected chi connectivity index (χ1v) is 14.5. The van der Waals surface area contributed by atoms with E-state index in [2.05, 4.69) is 10.2 Å². The van der Waals surface area contributed by atoms with Crippen molar-refractivity contribution >= 4 is 33.9 Å². The molecular weight excluding hydrogens is 554 g/mol. The molecular formula is C32H29N3O6S. The third-order valence-corrected chi connectivity index (χ3v) is 7.99. The van der Waals surface area contributed by atoms with Gasteiger partial charge in [0.1, 0.15) is 29.2 Å². The Bertz CT molecular complexity index is 1700. The number of Topliss-reactive ketones (excluding diaryl/α,β-unsaturated/α-hetero) is 1. The first-order chi connectivity index (χ1) is 20.3. The molecule has 42 heavy (non-hydrogen) atoms. The van der Waals surface area contributed by atoms with Crippen LogP contribution in [0.2, 0.25) is 0 Å². The summed E-state index contributed by atoms with van der Waals surface area (Å²) in [7, 11) is 0. The second-order valence-electron chi connectivity index (χ2n) is 10.1. The van der Waals surface area contributed by atoms with Gasteiger partial charge in [0.05, 0.1) is 18.2 Å². The molecule has 1 amide bonds. The summed E-state index contributed by atoms with van der Waals surface area (Å²) in [4.78, 5) is 28.4. The van der Waals surface area contributed by atoms with Crippen LogP contribution in [0.25, 0.3) is 5.76 Å². The molecule has 0 saturated carbocycles. The number of ketones is 1. The predicted molar refractivity (Wildman–Crippen MR) is 158 cm³/mol. The quantitative estimate of drug-likeness (QED) is 0.158. The molecule has 2 atom stereocenters. The fraction of sp³-hybridized carbons (Fsp3) is 0.250. The van der Waals surface area contributed by atoms with Crippen molar-refractivity contribution in [2.75, 3.05) is 11.5 Å². The van der Waals surface area contributed by atoms with E-state index in [4.69, 9.17) is 14.2 Å². The zero-order valence-corrected chi connectivity index (χ0v) is 24.2. The number of ether oxygens (including phenoxy) is 3. The number of hydrogen-bond acceptors (Lipinski definition) is 9. The highest BCUT2D eigenvalue weighted by Crippen LogP contribution is 2.45. The maximum absolute atomic E-state index is 13.6. The summed E-state index contributed by atoms with van der Waals surface area (Å²) in [6.07, 6.45) is 0.698. The van der Waals surface area contributed by atoms with Gasteiger partial charge in [-0.3, -0.25) is 14.5 Å². The molecule has 2 aliphatic rings. The highest BCUT2D eigenvalue weighted by Gasteiger charge is 2.48. The lowest BCUT2D eigenvalue weighted by molar-refractivity contribution is -0.132. The van der Waals surface area contributed by atoms with E-state index in [9.17, 15) is 14.7 Å². The number of anilines is 1. The van der Waals surface area contributed by atoms with Crippen LogP contribution in [-0.4, -0.2) is 39.7 Å². The van der Waals surface area contributed by atoms with Crippen LogP contribution in [0, 0.1) is 6.92 Å². The second kappa shape index (κ2) is 11.3. The highest BCUT2D eigenvalue weighted by atomic mass is 32.1. The van der Waals surface area contributed by atoms with Crippen molar-refractivity contribution < 1.29 is 28.9 Å². The molecule has 9 nitrogen and oxygen atoms in total. The summed E-state index contributed by atoms with van der Waals surface area (Å²) in [5.41, 5.74) is 2.86. The van der Waals surface area contributed by atoms with Gasteiger partial charge in [0.2, 0.25) is 5.13 Å². The number of nitrogens with zero attached hydrogens (tertiary/aromatic N) is 3. The van der Waals surface area contributed by atoms with Gasteiger partial charge < -0.3 is 19.3 Å². The lowest BCUT2D eigenvalue weighted by atomic mass is 9.94. The van der Waals surface area contributed by atoms with Gasteiger partial charge in [0.15, 0.2) is 11.5 Å². The van der Waals surface area contributed by atoms with E-state index in [1.807, 2.05) is 44.2 Å². The molecule has 1 aromatic heterocycles. The van der Waals surface area contributed by atoms with Crippen LogP contribution in [0.1, 0.15) is 47.2 Å². The Morgan fingerprint density at radius 3 is 2.60 bits per heavy atom. The molecule has 3 heterocycles. The molecule has 214 valence electrons. The lowest BCUT2D eigenvalue weighted by Crippen LogP contribution is -2.29. The van der Waals surface area contributed by atoms with E-state index in [0.717, 1.165) is 16.9 Å². The van der Waals surface area contributed by atoms with Gasteiger partial charge in [0, 0.05) is 12.0 Å². The largest absolute Gasteiger partial charge is 0.507 e. The highest BCUT2D eigenvalue weighted by molar-refractivity contribution is 7.15. The van der Waals surface area contributed by atoms with Crippen molar-refractivity contribution in [3.05, 3.63) is 99.6 Å². The third kappa shape index (κ3) is 5.09. The minimum atomic E-state index is -0.969. The number of hydrogen-bond donors (Lipinski definition) is 1. The van der Waals surface area contributed by atoms with E-state index in [-0.39, 0.29) is 22.6 Å². The van der Waals surface area contributed by atoms with Crippen LogP contribution in [-0.2, 0) is 22.6 Å². The smallest absolute Gasteiger partial charge is 0.301 e. The van der Waals surface area contributed by atoms with E-state index in [0.29, 0.717) is 47.3 Å². The SMILES string of the molecule is CCOc1cc([C@@H]2C(=C(O)c3ccc4c(c3)C[C@@H](C)O4)C(=O)C(=O)N2c2nnc(C)s2)ccc1OCc1ccccc1. The molecule has 2 aliphatic heterocycles. The van der Waals surface area contributed by atoms with Crippen LogP contribution in [0.4, 0.5) is 5.13 Å². The number of carbonyl (C=O) groups is 2. The summed E-state index contributed by atoms with van der Waals surface area (Å²) >= 11 is 1.19. The Kier molecular flexibility index (Phi) is 7.38. The maximum atomic E-state index is 13.6. The van der Waals surface area contributed by atoms with E-state index < -0.39 is 17.7 Å². The minimum Gasteiger partial charge on any atom is -0.507 e. The van der Waals surface area contributed by atoms with Gasteiger partial charge in [0.25, 0.3) is 5.78 Å². The Hall–Kier alpha value is -4.70. The molecule has 4 aromatic rings. The molecule has 10 heteroatoms. The summed E-state index contributed by atoms with van der Waals surface area (Å²) in [5, 5.41) is 20.7. The monoisotopic (exact) mass is 583 g/mol. The number of aryl methyl sites for hydroxylation is 1. The molecule has 0 radical (unpaired) electrons. The first-order valence-electron chi connectivity index (χ1n) is 13.7. The molecule has 1 N–H and O–H groups in total. The minimum absolute atomic E-state index is 0.0169. The van der Waals surface area contributed by atoms with Gasteiger partial charge in [-0.15, -0.1) is 10.2 Å². The molecule has 0 spiro atoms.